The summed E-state index contributed by atoms with van der Waals surface area (Å²) in [4.78, 5) is 10.4. The van der Waals surface area contributed by atoms with Gasteiger partial charge in [-0.05, 0) is 97.1 Å². The highest BCUT2D eigenvalue weighted by Gasteiger charge is 2.29. The van der Waals surface area contributed by atoms with Crippen LogP contribution in [0, 0.1) is 12.7 Å². The van der Waals surface area contributed by atoms with Crippen molar-refractivity contribution in [3.8, 4) is 5.75 Å². The number of methoxy groups -OCH3 is 1. The molecule has 0 aliphatic heterocycles. The van der Waals surface area contributed by atoms with E-state index in [1.165, 1.54) is 38.5 Å². The molecule has 2 aromatic carbocycles. The van der Waals surface area contributed by atoms with E-state index in [2.05, 4.69) is 200 Å². The summed E-state index contributed by atoms with van der Waals surface area (Å²) in [6.45, 7) is 55.0. The second-order valence-corrected chi connectivity index (χ2v) is 25.3. The summed E-state index contributed by atoms with van der Waals surface area (Å²) in [5.74, 6) is 0.843. The SMILES string of the molecule is CC(C)(C)c1cccnc1C(C)(C)C.CC(C)(C)c1ncsc1C(C)(C)C.COc1ccc(C(C)(C)C)c(C(C)(C)C)c1.Cc1cc(C(C)(C)C)c(C(C)(C)C)cc1F. The molecule has 332 valence electrons. The van der Waals surface area contributed by atoms with E-state index in [-0.39, 0.29) is 49.1 Å². The van der Waals surface area contributed by atoms with Crippen molar-refractivity contribution in [2.24, 2.45) is 0 Å². The standard InChI is InChI=1S/C15H23F.C15H24O.C13H21N.C11H19NS/c1-10-8-11(14(2,3)4)12(9-13(10)16)15(5,6)7;1-14(2,3)12-9-8-11(16-7)10-13(12)15(4,5)6;1-12(2,3)10-8-7-9-14-11(10)13(4,5)6;1-10(2,3)8-9(11(4,5)6)13-7-12-8/h8-9H,1-7H3;8-10H,1-7H3;7-9H,1-6H3;7H,1-6H3. The smallest absolute Gasteiger partial charge is 0.126 e. The molecule has 0 radical (unpaired) electrons. The van der Waals surface area contributed by atoms with Gasteiger partial charge in [0.15, 0.2) is 0 Å². The average molecular weight is 831 g/mol. The number of ether oxygens (including phenoxy) is 1. The maximum atomic E-state index is 13.7. The number of benzene rings is 2. The summed E-state index contributed by atoms with van der Waals surface area (Å²) >= 11 is 1.77. The maximum absolute atomic E-state index is 13.7. The highest BCUT2D eigenvalue weighted by molar-refractivity contribution is 7.09. The predicted molar refractivity (Wildman–Crippen MR) is 260 cm³/mol. The molecular formula is C54H87FN2OS. The third-order valence-electron chi connectivity index (χ3n) is 10.0. The number of halogens is 1. The van der Waals surface area contributed by atoms with Gasteiger partial charge in [0.05, 0.1) is 18.3 Å². The lowest BCUT2D eigenvalue weighted by Gasteiger charge is -2.30. The number of thiazole rings is 1. The fraction of sp³-hybridized carbons (Fsp3) is 0.630. The molecule has 4 rings (SSSR count). The van der Waals surface area contributed by atoms with Crippen molar-refractivity contribution in [3.63, 3.8) is 0 Å². The van der Waals surface area contributed by atoms with Crippen LogP contribution in [0.15, 0.2) is 54.2 Å². The van der Waals surface area contributed by atoms with Gasteiger partial charge in [-0.1, -0.05) is 184 Å². The number of pyridine rings is 1. The lowest BCUT2D eigenvalue weighted by molar-refractivity contribution is 0.411. The van der Waals surface area contributed by atoms with Gasteiger partial charge in [0.25, 0.3) is 0 Å². The molecule has 2 heterocycles. The van der Waals surface area contributed by atoms with E-state index in [9.17, 15) is 4.39 Å². The van der Waals surface area contributed by atoms with Gasteiger partial charge < -0.3 is 4.74 Å². The molecule has 0 bridgehead atoms. The zero-order chi connectivity index (χ0) is 46.5. The molecule has 2 aromatic heterocycles. The van der Waals surface area contributed by atoms with Crippen molar-refractivity contribution in [3.05, 3.63) is 110 Å². The van der Waals surface area contributed by atoms with Crippen LogP contribution in [-0.2, 0) is 43.3 Å². The van der Waals surface area contributed by atoms with E-state index in [0.29, 0.717) is 0 Å². The molecule has 0 aliphatic rings. The number of aryl methyl sites for hydroxylation is 1. The molecule has 59 heavy (non-hydrogen) atoms. The second-order valence-electron chi connectivity index (χ2n) is 24.5. The van der Waals surface area contributed by atoms with Gasteiger partial charge in [-0.3, -0.25) is 4.98 Å². The van der Waals surface area contributed by atoms with Crippen LogP contribution in [0.5, 0.6) is 5.75 Å². The molecule has 0 spiro atoms. The highest BCUT2D eigenvalue weighted by atomic mass is 32.1. The molecule has 0 aliphatic carbocycles. The van der Waals surface area contributed by atoms with Crippen molar-refractivity contribution in [1.29, 1.82) is 0 Å². The second kappa shape index (κ2) is 19.3. The van der Waals surface area contributed by atoms with Crippen molar-refractivity contribution >= 4 is 11.3 Å². The minimum Gasteiger partial charge on any atom is -0.497 e. The zero-order valence-corrected chi connectivity index (χ0v) is 43.6. The first-order valence-electron chi connectivity index (χ1n) is 21.6. The Balaban J connectivity index is 0.000000395. The normalized spacial score (nSPS) is 13.0. The molecule has 0 atom stereocenters. The third kappa shape index (κ3) is 16.4. The Hall–Kier alpha value is -3.05. The largest absolute Gasteiger partial charge is 0.497 e. The molecule has 0 saturated carbocycles. The number of hydrogen-bond donors (Lipinski definition) is 0. The first-order chi connectivity index (χ1) is 26.1. The average Bonchev–Trinajstić information content (AvgIpc) is 3.56. The summed E-state index contributed by atoms with van der Waals surface area (Å²) in [6.07, 6.45) is 1.88. The minimum absolute atomic E-state index is 0.0167. The number of nitrogens with zero attached hydrogens (tertiary/aromatic N) is 2. The fourth-order valence-corrected chi connectivity index (χ4v) is 7.86. The lowest BCUT2D eigenvalue weighted by atomic mass is 9.74. The van der Waals surface area contributed by atoms with Gasteiger partial charge in [-0.25, -0.2) is 9.37 Å². The molecule has 4 aromatic rings. The number of rotatable bonds is 1. The molecular weight excluding hydrogens is 744 g/mol. The van der Waals surface area contributed by atoms with Crippen LogP contribution in [0.25, 0.3) is 0 Å². The van der Waals surface area contributed by atoms with Gasteiger partial charge in [-0.15, -0.1) is 11.3 Å². The molecule has 0 amide bonds. The van der Waals surface area contributed by atoms with Crippen LogP contribution >= 0.6 is 11.3 Å². The fourth-order valence-electron chi connectivity index (χ4n) is 6.77. The van der Waals surface area contributed by atoms with Crippen LogP contribution in [0.1, 0.15) is 216 Å². The third-order valence-corrected chi connectivity index (χ3v) is 11.3. The number of hydrogen-bond acceptors (Lipinski definition) is 4. The van der Waals surface area contributed by atoms with Crippen LogP contribution in [-0.4, -0.2) is 17.1 Å². The lowest BCUT2D eigenvalue weighted by Crippen LogP contribution is -2.23. The van der Waals surface area contributed by atoms with Crippen molar-refractivity contribution in [2.45, 2.75) is 216 Å². The molecule has 0 N–H and O–H groups in total. The van der Waals surface area contributed by atoms with Gasteiger partial charge in [-0.2, -0.15) is 0 Å². The van der Waals surface area contributed by atoms with Crippen molar-refractivity contribution < 1.29 is 9.13 Å². The number of aromatic nitrogens is 2. The monoisotopic (exact) mass is 831 g/mol. The van der Waals surface area contributed by atoms with Crippen molar-refractivity contribution in [2.75, 3.05) is 7.11 Å². The predicted octanol–water partition coefficient (Wildman–Crippen LogP) is 16.4. The van der Waals surface area contributed by atoms with E-state index in [0.717, 1.165) is 16.9 Å². The first-order valence-corrected chi connectivity index (χ1v) is 22.4. The van der Waals surface area contributed by atoms with Gasteiger partial charge in [0, 0.05) is 27.6 Å². The summed E-state index contributed by atoms with van der Waals surface area (Å²) < 4.78 is 19.0. The van der Waals surface area contributed by atoms with Crippen LogP contribution in [0.2, 0.25) is 0 Å². The molecule has 3 nitrogen and oxygen atoms in total. The molecule has 0 unspecified atom stereocenters. The van der Waals surface area contributed by atoms with E-state index < -0.39 is 0 Å². The van der Waals surface area contributed by atoms with Crippen LogP contribution in [0.4, 0.5) is 4.39 Å². The maximum Gasteiger partial charge on any atom is 0.126 e. The Bertz CT molecular complexity index is 1830. The quantitative estimate of drug-likeness (QED) is 0.192. The zero-order valence-electron chi connectivity index (χ0n) is 42.8. The topological polar surface area (TPSA) is 35.0 Å². The Kier molecular flexibility index (Phi) is 17.7. The van der Waals surface area contributed by atoms with Gasteiger partial charge >= 0.3 is 0 Å². The Morgan fingerprint density at radius 3 is 1.24 bits per heavy atom. The van der Waals surface area contributed by atoms with Crippen molar-refractivity contribution in [1.82, 2.24) is 9.97 Å². The Morgan fingerprint density at radius 2 is 0.881 bits per heavy atom. The van der Waals surface area contributed by atoms with Gasteiger partial charge in [0.1, 0.15) is 11.6 Å². The molecule has 0 saturated heterocycles. The molecule has 5 heteroatoms. The van der Waals surface area contributed by atoms with Crippen LogP contribution in [0.3, 0.4) is 0 Å². The van der Waals surface area contributed by atoms with Gasteiger partial charge in [0.2, 0.25) is 0 Å². The summed E-state index contributed by atoms with van der Waals surface area (Å²) in [5.41, 5.74) is 12.7. The summed E-state index contributed by atoms with van der Waals surface area (Å²) in [5, 5.41) is 0. The van der Waals surface area contributed by atoms with E-state index >= 15 is 0 Å². The van der Waals surface area contributed by atoms with E-state index in [1.54, 1.807) is 24.5 Å². The van der Waals surface area contributed by atoms with E-state index in [4.69, 9.17) is 4.74 Å². The van der Waals surface area contributed by atoms with Crippen LogP contribution < -0.4 is 4.74 Å². The first kappa shape index (κ1) is 54.0. The summed E-state index contributed by atoms with van der Waals surface area (Å²) in [7, 11) is 1.72. The van der Waals surface area contributed by atoms with E-state index in [1.807, 2.05) is 30.8 Å². The Morgan fingerprint density at radius 1 is 0.458 bits per heavy atom. The molecule has 0 fully saturated rings. The highest BCUT2D eigenvalue weighted by Crippen LogP contribution is 2.38. The Labute approximate surface area is 367 Å². The minimum atomic E-state index is -0.0991. The summed E-state index contributed by atoms with van der Waals surface area (Å²) in [6, 6.07) is 14.3.